The summed E-state index contributed by atoms with van der Waals surface area (Å²) in [4.78, 5) is 10.2. The second-order valence-electron chi connectivity index (χ2n) is 2.06. The topological polar surface area (TPSA) is 52.9 Å². The summed E-state index contributed by atoms with van der Waals surface area (Å²) in [5.74, 6) is -2.07. The lowest BCUT2D eigenvalue weighted by Gasteiger charge is -2.10. The van der Waals surface area contributed by atoms with Crippen LogP contribution < -0.4 is 5.32 Å². The summed E-state index contributed by atoms with van der Waals surface area (Å²) in [6.45, 7) is 1.50. The zero-order valence-electron chi connectivity index (χ0n) is 6.27. The maximum absolute atomic E-state index is 11.6. The Balaban J connectivity index is 4.11. The second-order valence-corrected chi connectivity index (χ2v) is 2.06. The molecule has 0 aromatic heterocycles. The molecular weight excluding hydrogens is 173 g/mol. The van der Waals surface area contributed by atoms with Gasteiger partial charge in [0.25, 0.3) is 0 Å². The molecule has 0 aromatic rings. The molecule has 68 valence electrons. The summed E-state index contributed by atoms with van der Waals surface area (Å²) in [6.07, 6.45) is -4.76. The number of amides is 1. The average molecular weight is 180 g/mol. The van der Waals surface area contributed by atoms with Crippen LogP contribution in [0.1, 0.15) is 13.3 Å². The van der Waals surface area contributed by atoms with Gasteiger partial charge in [0.05, 0.1) is 6.07 Å². The molecule has 0 aliphatic heterocycles. The summed E-state index contributed by atoms with van der Waals surface area (Å²) in [5.41, 5.74) is 0. The predicted molar refractivity (Wildman–Crippen MR) is 33.9 cm³/mol. The van der Waals surface area contributed by atoms with Crippen LogP contribution in [-0.2, 0) is 4.79 Å². The fraction of sp³-hybridized carbons (Fsp3) is 0.667. The standard InChI is InChI=1S/C6H7F3N2O/c1-2-4(3-10)11-5(12)6(7,8)9/h4H,2H2,1H3,(H,11,12)/t4-/m1/s1. The van der Waals surface area contributed by atoms with Gasteiger partial charge >= 0.3 is 12.1 Å². The van der Waals surface area contributed by atoms with E-state index in [1.54, 1.807) is 0 Å². The summed E-state index contributed by atoms with van der Waals surface area (Å²) >= 11 is 0. The molecule has 0 heterocycles. The highest BCUT2D eigenvalue weighted by Crippen LogP contribution is 2.14. The largest absolute Gasteiger partial charge is 0.471 e. The van der Waals surface area contributed by atoms with Crippen molar-refractivity contribution in [2.24, 2.45) is 0 Å². The van der Waals surface area contributed by atoms with Crippen LogP contribution in [0.25, 0.3) is 0 Å². The average Bonchev–Trinajstić information content (AvgIpc) is 1.97. The zero-order valence-corrected chi connectivity index (χ0v) is 6.27. The summed E-state index contributed by atoms with van der Waals surface area (Å²) in [6, 6.07) is 0.453. The lowest BCUT2D eigenvalue weighted by molar-refractivity contribution is -0.174. The van der Waals surface area contributed by atoms with Gasteiger partial charge in [-0.1, -0.05) is 6.92 Å². The number of rotatable bonds is 2. The van der Waals surface area contributed by atoms with E-state index in [-0.39, 0.29) is 6.42 Å². The molecule has 1 atom stereocenters. The van der Waals surface area contributed by atoms with Crippen molar-refractivity contribution in [3.63, 3.8) is 0 Å². The van der Waals surface area contributed by atoms with Gasteiger partial charge in [0, 0.05) is 0 Å². The highest BCUT2D eigenvalue weighted by molar-refractivity contribution is 5.82. The number of nitrogens with one attached hydrogen (secondary N) is 1. The number of carbonyl (C=O) groups excluding carboxylic acids is 1. The SMILES string of the molecule is CC[C@H](C#N)NC(=O)C(F)(F)F. The molecule has 1 amide bonds. The Kier molecular flexibility index (Phi) is 3.54. The first-order chi connectivity index (χ1) is 5.41. The number of hydrogen-bond donors (Lipinski definition) is 1. The van der Waals surface area contributed by atoms with E-state index < -0.39 is 18.1 Å². The lowest BCUT2D eigenvalue weighted by Crippen LogP contribution is -2.42. The van der Waals surface area contributed by atoms with Crippen LogP contribution in [-0.4, -0.2) is 18.1 Å². The molecule has 1 N–H and O–H groups in total. The van der Waals surface area contributed by atoms with Crippen molar-refractivity contribution < 1.29 is 18.0 Å². The van der Waals surface area contributed by atoms with E-state index in [2.05, 4.69) is 0 Å². The molecule has 0 unspecified atom stereocenters. The minimum atomic E-state index is -4.91. The van der Waals surface area contributed by atoms with Gasteiger partial charge in [0.2, 0.25) is 0 Å². The van der Waals surface area contributed by atoms with Crippen molar-refractivity contribution in [2.45, 2.75) is 25.6 Å². The van der Waals surface area contributed by atoms with Crippen molar-refractivity contribution in [2.75, 3.05) is 0 Å². The normalized spacial score (nSPS) is 13.2. The molecule has 0 spiro atoms. The van der Waals surface area contributed by atoms with Gasteiger partial charge in [-0.2, -0.15) is 18.4 Å². The Hall–Kier alpha value is -1.25. The first kappa shape index (κ1) is 10.8. The van der Waals surface area contributed by atoms with Crippen LogP contribution in [0, 0.1) is 11.3 Å². The lowest BCUT2D eigenvalue weighted by atomic mass is 10.2. The number of hydrogen-bond acceptors (Lipinski definition) is 2. The fourth-order valence-electron chi connectivity index (χ4n) is 0.466. The smallest absolute Gasteiger partial charge is 0.333 e. The second kappa shape index (κ2) is 3.95. The molecule has 0 aromatic carbocycles. The van der Waals surface area contributed by atoms with E-state index in [4.69, 9.17) is 5.26 Å². The molecule has 0 aliphatic rings. The number of nitriles is 1. The van der Waals surface area contributed by atoms with E-state index in [1.165, 1.54) is 18.3 Å². The molecule has 0 fully saturated rings. The van der Waals surface area contributed by atoms with Gasteiger partial charge in [-0.25, -0.2) is 0 Å². The number of alkyl halides is 3. The van der Waals surface area contributed by atoms with Crippen LogP contribution in [0.3, 0.4) is 0 Å². The van der Waals surface area contributed by atoms with E-state index in [9.17, 15) is 18.0 Å². The van der Waals surface area contributed by atoms with Crippen molar-refractivity contribution in [3.05, 3.63) is 0 Å². The van der Waals surface area contributed by atoms with Gasteiger partial charge in [-0.3, -0.25) is 4.79 Å². The highest BCUT2D eigenvalue weighted by Gasteiger charge is 2.39. The van der Waals surface area contributed by atoms with Gasteiger partial charge in [-0.05, 0) is 6.42 Å². The zero-order chi connectivity index (χ0) is 9.78. The Morgan fingerprint density at radius 1 is 1.67 bits per heavy atom. The predicted octanol–water partition coefficient (Wildman–Crippen LogP) is 0.967. The quantitative estimate of drug-likeness (QED) is 0.688. The van der Waals surface area contributed by atoms with Crippen LogP contribution >= 0.6 is 0 Å². The molecule has 6 heteroatoms. The Morgan fingerprint density at radius 2 is 2.17 bits per heavy atom. The summed E-state index contributed by atoms with van der Waals surface area (Å²) in [5, 5.41) is 9.74. The molecule has 0 aliphatic carbocycles. The van der Waals surface area contributed by atoms with Gasteiger partial charge in [0.1, 0.15) is 6.04 Å². The van der Waals surface area contributed by atoms with Crippen molar-refractivity contribution in [3.8, 4) is 6.07 Å². The monoisotopic (exact) mass is 180 g/mol. The van der Waals surface area contributed by atoms with Gasteiger partial charge in [0.15, 0.2) is 0 Å². The van der Waals surface area contributed by atoms with Crippen LogP contribution in [0.4, 0.5) is 13.2 Å². The maximum atomic E-state index is 11.6. The van der Waals surface area contributed by atoms with E-state index in [0.717, 1.165) is 0 Å². The third-order valence-corrected chi connectivity index (χ3v) is 1.13. The number of carbonyl (C=O) groups is 1. The number of halogens is 3. The number of nitrogens with zero attached hydrogens (tertiary/aromatic N) is 1. The van der Waals surface area contributed by atoms with Crippen molar-refractivity contribution in [1.82, 2.24) is 5.32 Å². The molecule has 3 nitrogen and oxygen atoms in total. The van der Waals surface area contributed by atoms with Crippen LogP contribution in [0.2, 0.25) is 0 Å². The van der Waals surface area contributed by atoms with Gasteiger partial charge < -0.3 is 5.32 Å². The van der Waals surface area contributed by atoms with Crippen molar-refractivity contribution in [1.29, 1.82) is 5.26 Å². The molecule has 0 saturated heterocycles. The maximum Gasteiger partial charge on any atom is 0.471 e. The van der Waals surface area contributed by atoms with Crippen LogP contribution in [0.15, 0.2) is 0 Å². The van der Waals surface area contributed by atoms with E-state index in [1.807, 2.05) is 0 Å². The molecule has 0 saturated carbocycles. The van der Waals surface area contributed by atoms with E-state index >= 15 is 0 Å². The Morgan fingerprint density at radius 3 is 2.42 bits per heavy atom. The first-order valence-electron chi connectivity index (χ1n) is 3.19. The molecule has 0 bridgehead atoms. The molecular formula is C6H7F3N2O. The first-order valence-corrected chi connectivity index (χ1v) is 3.19. The van der Waals surface area contributed by atoms with Gasteiger partial charge in [-0.15, -0.1) is 0 Å². The highest BCUT2D eigenvalue weighted by atomic mass is 19.4. The van der Waals surface area contributed by atoms with Crippen molar-refractivity contribution >= 4 is 5.91 Å². The van der Waals surface area contributed by atoms with Crippen LogP contribution in [0.5, 0.6) is 0 Å². The summed E-state index contributed by atoms with van der Waals surface area (Å²) < 4.78 is 34.7. The minimum Gasteiger partial charge on any atom is -0.333 e. The summed E-state index contributed by atoms with van der Waals surface area (Å²) in [7, 11) is 0. The fourth-order valence-corrected chi connectivity index (χ4v) is 0.466. The molecule has 0 rings (SSSR count). The third-order valence-electron chi connectivity index (χ3n) is 1.13. The minimum absolute atomic E-state index is 0.151. The Bertz CT molecular complexity index is 206. The molecule has 0 radical (unpaired) electrons. The van der Waals surface area contributed by atoms with E-state index in [0.29, 0.717) is 0 Å². The Labute approximate surface area is 67.2 Å². The molecule has 12 heavy (non-hydrogen) atoms. The third kappa shape index (κ3) is 3.23.